The molecule has 0 aliphatic carbocycles. The summed E-state index contributed by atoms with van der Waals surface area (Å²) in [6, 6.07) is 5.96. The van der Waals surface area contributed by atoms with Crippen molar-refractivity contribution in [1.82, 2.24) is 9.97 Å². The molecular formula is C11H20N2. The van der Waals surface area contributed by atoms with Gasteiger partial charge in [-0.1, -0.05) is 27.7 Å². The van der Waals surface area contributed by atoms with Crippen molar-refractivity contribution in [3.63, 3.8) is 0 Å². The molecule has 0 atom stereocenters. The molecule has 2 nitrogen and oxygen atoms in total. The normalized spacial score (nSPS) is 8.00. The van der Waals surface area contributed by atoms with E-state index in [0.717, 1.165) is 11.0 Å². The number of nitrogens with one attached hydrogen (secondary N) is 1. The second-order valence-corrected chi connectivity index (χ2v) is 1.92. The number of rotatable bonds is 0. The summed E-state index contributed by atoms with van der Waals surface area (Å²) in [4.78, 5) is 7.09. The van der Waals surface area contributed by atoms with E-state index in [2.05, 4.69) is 9.97 Å². The summed E-state index contributed by atoms with van der Waals surface area (Å²) in [5, 5.41) is 1.16. The van der Waals surface area contributed by atoms with E-state index in [-0.39, 0.29) is 1.43 Å². The van der Waals surface area contributed by atoms with Gasteiger partial charge >= 0.3 is 0 Å². The van der Waals surface area contributed by atoms with Gasteiger partial charge in [0.2, 0.25) is 0 Å². The first-order valence-electron chi connectivity index (χ1n) is 4.85. The fraction of sp³-hybridized carbons (Fsp3) is 0.364. The average Bonchev–Trinajstić information content (AvgIpc) is 2.71. The Morgan fingerprint density at radius 2 is 1.85 bits per heavy atom. The zero-order valence-corrected chi connectivity index (χ0v) is 8.83. The van der Waals surface area contributed by atoms with Gasteiger partial charge in [-0.15, -0.1) is 0 Å². The second-order valence-electron chi connectivity index (χ2n) is 1.92. The highest BCUT2D eigenvalue weighted by atomic mass is 14.8. The predicted octanol–water partition coefficient (Wildman–Crippen LogP) is 3.86. The molecule has 2 heterocycles. The minimum atomic E-state index is 0. The Kier molecular flexibility index (Phi) is 6.60. The van der Waals surface area contributed by atoms with Crippen molar-refractivity contribution in [2.45, 2.75) is 27.7 Å². The van der Waals surface area contributed by atoms with Gasteiger partial charge in [-0.25, -0.2) is 4.98 Å². The SMILES string of the molecule is CC.CC.[HH].c1cnc2[nH]ccc2c1. The van der Waals surface area contributed by atoms with Gasteiger partial charge in [-0.05, 0) is 18.2 Å². The molecule has 0 saturated carbocycles. The summed E-state index contributed by atoms with van der Waals surface area (Å²) in [5.41, 5.74) is 0.956. The van der Waals surface area contributed by atoms with Gasteiger partial charge in [-0.3, -0.25) is 0 Å². The Labute approximate surface area is 81.5 Å². The minimum Gasteiger partial charge on any atom is -0.346 e. The summed E-state index contributed by atoms with van der Waals surface area (Å²) in [5.74, 6) is 0. The lowest BCUT2D eigenvalue weighted by atomic mass is 10.3. The molecule has 0 spiro atoms. The van der Waals surface area contributed by atoms with Crippen LogP contribution in [-0.4, -0.2) is 9.97 Å². The van der Waals surface area contributed by atoms with E-state index in [1.165, 1.54) is 0 Å². The van der Waals surface area contributed by atoms with Crippen LogP contribution in [0.3, 0.4) is 0 Å². The van der Waals surface area contributed by atoms with E-state index < -0.39 is 0 Å². The van der Waals surface area contributed by atoms with E-state index in [1.54, 1.807) is 6.20 Å². The van der Waals surface area contributed by atoms with Crippen LogP contribution in [0.1, 0.15) is 29.1 Å². The van der Waals surface area contributed by atoms with E-state index in [1.807, 2.05) is 52.1 Å². The highest BCUT2D eigenvalue weighted by molar-refractivity contribution is 5.74. The molecule has 0 aliphatic rings. The molecule has 0 amide bonds. The molecule has 0 radical (unpaired) electrons. The van der Waals surface area contributed by atoms with Crippen molar-refractivity contribution >= 4 is 11.0 Å². The summed E-state index contributed by atoms with van der Waals surface area (Å²) < 4.78 is 0. The van der Waals surface area contributed by atoms with E-state index in [9.17, 15) is 0 Å². The van der Waals surface area contributed by atoms with Gasteiger partial charge in [-0.2, -0.15) is 0 Å². The van der Waals surface area contributed by atoms with Crippen LogP contribution < -0.4 is 0 Å². The van der Waals surface area contributed by atoms with Gasteiger partial charge in [0.15, 0.2) is 0 Å². The fourth-order valence-corrected chi connectivity index (χ4v) is 0.883. The molecule has 2 heteroatoms. The number of hydrogen-bond acceptors (Lipinski definition) is 1. The van der Waals surface area contributed by atoms with Crippen molar-refractivity contribution in [3.8, 4) is 0 Å². The maximum absolute atomic E-state index is 4.09. The number of pyridine rings is 1. The second kappa shape index (κ2) is 7.35. The standard InChI is InChI=1S/C7H6N2.2C2H6.H2/c1-2-6-3-5-9-7(6)8-4-1;2*1-2;/h1-5H,(H,8,9);2*1-2H3;1H. The molecule has 0 bridgehead atoms. The number of nitrogens with zero attached hydrogens (tertiary/aromatic N) is 1. The summed E-state index contributed by atoms with van der Waals surface area (Å²) in [7, 11) is 0. The first-order chi connectivity index (χ1) is 6.47. The van der Waals surface area contributed by atoms with Crippen molar-refractivity contribution in [1.29, 1.82) is 0 Å². The lowest BCUT2D eigenvalue weighted by Gasteiger charge is -1.82. The fourth-order valence-electron chi connectivity index (χ4n) is 0.883. The highest BCUT2D eigenvalue weighted by Crippen LogP contribution is 2.05. The molecule has 1 N–H and O–H groups in total. The molecule has 0 unspecified atom stereocenters. The molecule has 2 rings (SSSR count). The first-order valence-corrected chi connectivity index (χ1v) is 4.85. The van der Waals surface area contributed by atoms with Gasteiger partial charge in [0, 0.05) is 19.2 Å². The maximum atomic E-state index is 4.09. The number of aromatic nitrogens is 2. The van der Waals surface area contributed by atoms with Crippen LogP contribution in [0, 0.1) is 0 Å². The minimum absolute atomic E-state index is 0. The van der Waals surface area contributed by atoms with Gasteiger partial charge in [0.25, 0.3) is 0 Å². The van der Waals surface area contributed by atoms with Crippen molar-refractivity contribution in [3.05, 3.63) is 30.6 Å². The molecule has 0 aliphatic heterocycles. The van der Waals surface area contributed by atoms with E-state index in [0.29, 0.717) is 0 Å². The topological polar surface area (TPSA) is 28.7 Å². The average molecular weight is 180 g/mol. The zero-order chi connectivity index (χ0) is 10.1. The largest absolute Gasteiger partial charge is 0.346 e. The zero-order valence-electron chi connectivity index (χ0n) is 8.83. The van der Waals surface area contributed by atoms with Crippen LogP contribution in [-0.2, 0) is 0 Å². The summed E-state index contributed by atoms with van der Waals surface area (Å²) >= 11 is 0. The Bertz CT molecular complexity index is 287. The third-order valence-corrected chi connectivity index (χ3v) is 1.32. The van der Waals surface area contributed by atoms with Crippen LogP contribution in [0.4, 0.5) is 0 Å². The molecule has 0 fully saturated rings. The van der Waals surface area contributed by atoms with Gasteiger partial charge in [0.05, 0.1) is 0 Å². The quantitative estimate of drug-likeness (QED) is 0.655. The van der Waals surface area contributed by atoms with Crippen LogP contribution in [0.25, 0.3) is 11.0 Å². The molecule has 0 aromatic carbocycles. The Morgan fingerprint density at radius 3 is 2.46 bits per heavy atom. The van der Waals surface area contributed by atoms with E-state index in [4.69, 9.17) is 0 Å². The number of hydrogen-bond donors (Lipinski definition) is 1. The smallest absolute Gasteiger partial charge is 0.137 e. The van der Waals surface area contributed by atoms with Crippen LogP contribution >= 0.6 is 0 Å². The van der Waals surface area contributed by atoms with Crippen molar-refractivity contribution in [2.24, 2.45) is 0 Å². The van der Waals surface area contributed by atoms with Gasteiger partial charge in [0.1, 0.15) is 5.65 Å². The van der Waals surface area contributed by atoms with Crippen LogP contribution in [0.5, 0.6) is 0 Å². The highest BCUT2D eigenvalue weighted by Gasteiger charge is 1.88. The molecule has 13 heavy (non-hydrogen) atoms. The molecular weight excluding hydrogens is 160 g/mol. The van der Waals surface area contributed by atoms with Crippen LogP contribution in [0.15, 0.2) is 30.6 Å². The Morgan fingerprint density at radius 1 is 1.15 bits per heavy atom. The lowest BCUT2D eigenvalue weighted by molar-refractivity contribution is 1.33. The lowest BCUT2D eigenvalue weighted by Crippen LogP contribution is -1.70. The predicted molar refractivity (Wildman–Crippen MR) is 60.9 cm³/mol. The Balaban J connectivity index is 0. The molecule has 0 saturated heterocycles. The third-order valence-electron chi connectivity index (χ3n) is 1.32. The van der Waals surface area contributed by atoms with Crippen LogP contribution in [0.2, 0.25) is 0 Å². The maximum Gasteiger partial charge on any atom is 0.137 e. The number of H-pyrrole nitrogens is 1. The monoisotopic (exact) mass is 180 g/mol. The third kappa shape index (κ3) is 3.28. The summed E-state index contributed by atoms with van der Waals surface area (Å²) in [6.07, 6.45) is 3.66. The number of aromatic amines is 1. The van der Waals surface area contributed by atoms with E-state index >= 15 is 0 Å². The Hall–Kier alpha value is -1.31. The summed E-state index contributed by atoms with van der Waals surface area (Å²) in [6.45, 7) is 8.00. The molecule has 74 valence electrons. The molecule has 2 aromatic heterocycles. The van der Waals surface area contributed by atoms with Gasteiger partial charge < -0.3 is 4.98 Å². The molecule has 2 aromatic rings. The first kappa shape index (κ1) is 11.7. The van der Waals surface area contributed by atoms with Crippen molar-refractivity contribution < 1.29 is 1.43 Å². The number of fused-ring (bicyclic) bond motifs is 1. The van der Waals surface area contributed by atoms with Crippen molar-refractivity contribution in [2.75, 3.05) is 0 Å².